The lowest BCUT2D eigenvalue weighted by Gasteiger charge is -2.30. The van der Waals surface area contributed by atoms with Gasteiger partial charge in [0.15, 0.2) is 0 Å². The fourth-order valence-corrected chi connectivity index (χ4v) is 4.30. The third-order valence-corrected chi connectivity index (χ3v) is 6.38. The van der Waals surface area contributed by atoms with Gasteiger partial charge >= 0.3 is 0 Å². The second-order valence-electron chi connectivity index (χ2n) is 8.48. The summed E-state index contributed by atoms with van der Waals surface area (Å²) in [6.07, 6.45) is 3.54. The van der Waals surface area contributed by atoms with E-state index in [0.717, 1.165) is 53.9 Å². The van der Waals surface area contributed by atoms with E-state index in [1.54, 1.807) is 12.3 Å². The lowest BCUT2D eigenvalue weighted by Crippen LogP contribution is -2.40. The number of hydrogen-bond acceptors (Lipinski definition) is 6. The summed E-state index contributed by atoms with van der Waals surface area (Å²) in [6, 6.07) is 12.7. The molecule has 0 spiro atoms. The Labute approximate surface area is 191 Å². The van der Waals surface area contributed by atoms with Gasteiger partial charge in [-0.15, -0.1) is 0 Å². The van der Waals surface area contributed by atoms with Crippen LogP contribution in [-0.2, 0) is 7.05 Å². The van der Waals surface area contributed by atoms with Crippen molar-refractivity contribution in [2.75, 3.05) is 18.0 Å². The summed E-state index contributed by atoms with van der Waals surface area (Å²) in [7, 11) is 1.98. The van der Waals surface area contributed by atoms with Gasteiger partial charge in [-0.2, -0.15) is 5.26 Å². The molecule has 5 rings (SSSR count). The van der Waals surface area contributed by atoms with Crippen LogP contribution in [0.4, 0.5) is 10.3 Å². The minimum Gasteiger partial charge on any atom is -0.341 e. The molecule has 0 aliphatic carbocycles. The van der Waals surface area contributed by atoms with Crippen molar-refractivity contribution in [1.29, 1.82) is 5.26 Å². The first-order chi connectivity index (χ1) is 15.9. The number of piperidine rings is 1. The van der Waals surface area contributed by atoms with E-state index in [4.69, 9.17) is 16.0 Å². The Hall–Kier alpha value is -3.83. The van der Waals surface area contributed by atoms with Crippen LogP contribution in [-0.4, -0.2) is 38.7 Å². The molecule has 1 saturated heterocycles. The van der Waals surface area contributed by atoms with Gasteiger partial charge in [-0.1, -0.05) is 12.1 Å². The zero-order chi connectivity index (χ0) is 23.1. The summed E-state index contributed by atoms with van der Waals surface area (Å²) in [5.74, 6) is 0.951. The topological polar surface area (TPSA) is 96.7 Å². The van der Waals surface area contributed by atoms with Gasteiger partial charge in [0.1, 0.15) is 17.7 Å². The summed E-state index contributed by atoms with van der Waals surface area (Å²) < 4.78 is 16.6. The highest BCUT2D eigenvalue weighted by Crippen LogP contribution is 2.34. The number of fused-ring (bicyclic) bond motifs is 1. The fourth-order valence-electron chi connectivity index (χ4n) is 4.30. The quantitative estimate of drug-likeness (QED) is 0.517. The van der Waals surface area contributed by atoms with Crippen molar-refractivity contribution in [3.05, 3.63) is 59.8 Å². The number of rotatable bonds is 3. The lowest BCUT2D eigenvalue weighted by atomic mass is 9.99. The van der Waals surface area contributed by atoms with Gasteiger partial charge in [0, 0.05) is 43.5 Å². The molecule has 7 nitrogen and oxygen atoms in total. The van der Waals surface area contributed by atoms with E-state index >= 15 is 0 Å². The fraction of sp³-hybridized carbons (Fsp3) is 0.280. The Morgan fingerprint density at radius 2 is 1.85 bits per heavy atom. The first-order valence-corrected chi connectivity index (χ1v) is 11.0. The van der Waals surface area contributed by atoms with Gasteiger partial charge in [0.25, 0.3) is 0 Å². The monoisotopic (exact) mass is 441 g/mol. The van der Waals surface area contributed by atoms with E-state index in [0.29, 0.717) is 17.2 Å². The van der Waals surface area contributed by atoms with Crippen molar-refractivity contribution in [1.82, 2.24) is 19.5 Å². The summed E-state index contributed by atoms with van der Waals surface area (Å²) in [5.41, 5.74) is 10.8. The number of nitrogens with zero attached hydrogens (tertiary/aromatic N) is 6. The Bertz CT molecular complexity index is 1390. The molecule has 1 aliphatic rings. The van der Waals surface area contributed by atoms with Gasteiger partial charge < -0.3 is 15.2 Å². The molecule has 0 bridgehead atoms. The predicted molar refractivity (Wildman–Crippen MR) is 126 cm³/mol. The van der Waals surface area contributed by atoms with Crippen LogP contribution in [0.3, 0.4) is 0 Å². The normalized spacial score (nSPS) is 14.6. The second kappa shape index (κ2) is 8.26. The smallest absolute Gasteiger partial charge is 0.225 e. The van der Waals surface area contributed by atoms with Gasteiger partial charge in [-0.3, -0.25) is 0 Å². The third kappa shape index (κ3) is 3.81. The molecule has 0 amide bonds. The third-order valence-electron chi connectivity index (χ3n) is 6.38. The van der Waals surface area contributed by atoms with Crippen LogP contribution in [0.1, 0.15) is 24.2 Å². The van der Waals surface area contributed by atoms with Crippen LogP contribution in [0.5, 0.6) is 0 Å². The van der Waals surface area contributed by atoms with Crippen LogP contribution in [0.25, 0.3) is 33.4 Å². The maximum absolute atomic E-state index is 14.5. The zero-order valence-electron chi connectivity index (χ0n) is 18.6. The van der Waals surface area contributed by atoms with E-state index in [1.165, 1.54) is 12.1 Å². The van der Waals surface area contributed by atoms with Crippen molar-refractivity contribution in [2.24, 2.45) is 12.8 Å². The molecule has 2 aromatic carbocycles. The number of nitrogens with two attached hydrogens (primary N) is 1. The number of hydrogen-bond donors (Lipinski definition) is 1. The standard InChI is InChI=1S/C25H24FN7/c1-15-30-22-12-16(5-6-23(22)32(15)2)20-14-29-25(33-9-7-19(28)8-10-33)31-24(20)17-3-4-18(13-27)21(26)11-17/h3-6,11-12,14,19H,7-10,28H2,1-2H3. The first kappa shape index (κ1) is 21.0. The Morgan fingerprint density at radius 3 is 2.58 bits per heavy atom. The molecule has 3 heterocycles. The number of imidazole rings is 1. The minimum atomic E-state index is -0.569. The second-order valence-corrected chi connectivity index (χ2v) is 8.48. The molecule has 0 saturated carbocycles. The molecule has 0 atom stereocenters. The molecule has 2 aromatic heterocycles. The molecule has 0 radical (unpaired) electrons. The van der Waals surface area contributed by atoms with Crippen molar-refractivity contribution in [3.63, 3.8) is 0 Å². The number of anilines is 1. The summed E-state index contributed by atoms with van der Waals surface area (Å²) in [5, 5.41) is 9.13. The molecule has 1 fully saturated rings. The van der Waals surface area contributed by atoms with Crippen LogP contribution >= 0.6 is 0 Å². The van der Waals surface area contributed by atoms with Crippen LogP contribution in [0.2, 0.25) is 0 Å². The van der Waals surface area contributed by atoms with E-state index in [1.807, 2.05) is 42.8 Å². The van der Waals surface area contributed by atoms with Gasteiger partial charge in [0.2, 0.25) is 5.95 Å². The number of aromatic nitrogens is 4. The average molecular weight is 442 g/mol. The van der Waals surface area contributed by atoms with Crippen molar-refractivity contribution in [2.45, 2.75) is 25.8 Å². The van der Waals surface area contributed by atoms with Crippen molar-refractivity contribution < 1.29 is 4.39 Å². The van der Waals surface area contributed by atoms with E-state index in [2.05, 4.69) is 14.9 Å². The molecule has 1 aliphatic heterocycles. The minimum absolute atomic E-state index is 0.00461. The molecule has 0 unspecified atom stereocenters. The molecule has 166 valence electrons. The highest BCUT2D eigenvalue weighted by Gasteiger charge is 2.21. The van der Waals surface area contributed by atoms with Gasteiger partial charge in [-0.25, -0.2) is 19.3 Å². The molecule has 2 N–H and O–H groups in total. The maximum Gasteiger partial charge on any atom is 0.225 e. The zero-order valence-corrected chi connectivity index (χ0v) is 18.6. The average Bonchev–Trinajstić information content (AvgIpc) is 3.12. The summed E-state index contributed by atoms with van der Waals surface area (Å²) in [4.78, 5) is 16.3. The molecular formula is C25H24FN7. The highest BCUT2D eigenvalue weighted by molar-refractivity contribution is 5.87. The van der Waals surface area contributed by atoms with E-state index in [9.17, 15) is 4.39 Å². The molecule has 8 heteroatoms. The first-order valence-electron chi connectivity index (χ1n) is 11.0. The summed E-state index contributed by atoms with van der Waals surface area (Å²) in [6.45, 7) is 3.52. The number of benzene rings is 2. The maximum atomic E-state index is 14.5. The summed E-state index contributed by atoms with van der Waals surface area (Å²) >= 11 is 0. The van der Waals surface area contributed by atoms with Crippen LogP contribution in [0.15, 0.2) is 42.6 Å². The van der Waals surface area contributed by atoms with Crippen molar-refractivity contribution >= 4 is 17.0 Å². The molecular weight excluding hydrogens is 417 g/mol. The van der Waals surface area contributed by atoms with Crippen molar-refractivity contribution in [3.8, 4) is 28.5 Å². The number of halogens is 1. The van der Waals surface area contributed by atoms with Crippen LogP contribution in [0, 0.1) is 24.1 Å². The Balaban J connectivity index is 1.65. The van der Waals surface area contributed by atoms with E-state index < -0.39 is 5.82 Å². The Kier molecular flexibility index (Phi) is 5.27. The Morgan fingerprint density at radius 1 is 1.09 bits per heavy atom. The van der Waals surface area contributed by atoms with Gasteiger partial charge in [-0.05, 0) is 49.6 Å². The number of aryl methyl sites for hydroxylation is 2. The van der Waals surface area contributed by atoms with Gasteiger partial charge in [0.05, 0.1) is 22.3 Å². The van der Waals surface area contributed by atoms with Crippen LogP contribution < -0.4 is 10.6 Å². The molecule has 4 aromatic rings. The number of nitriles is 1. The SMILES string of the molecule is Cc1nc2cc(-c3cnc(N4CCC(N)CC4)nc3-c3ccc(C#N)c(F)c3)ccc2n1C. The molecule has 33 heavy (non-hydrogen) atoms. The lowest BCUT2D eigenvalue weighted by molar-refractivity contribution is 0.495. The largest absolute Gasteiger partial charge is 0.341 e. The predicted octanol–water partition coefficient (Wildman–Crippen LogP) is 3.94. The van der Waals surface area contributed by atoms with E-state index in [-0.39, 0.29) is 11.6 Å². The highest BCUT2D eigenvalue weighted by atomic mass is 19.1.